The third-order valence-electron chi connectivity index (χ3n) is 3.53. The molecule has 1 atom stereocenters. The molecule has 0 fully saturated rings. The molecule has 0 spiro atoms. The smallest absolute Gasteiger partial charge is 0.0738 e. The molecule has 0 aliphatic heterocycles. The lowest BCUT2D eigenvalue weighted by Crippen LogP contribution is -2.15. The summed E-state index contributed by atoms with van der Waals surface area (Å²) in [5.41, 5.74) is 10.6. The van der Waals surface area contributed by atoms with Gasteiger partial charge in [0, 0.05) is 31.3 Å². The second-order valence-electron chi connectivity index (χ2n) is 4.91. The van der Waals surface area contributed by atoms with E-state index in [2.05, 4.69) is 26.1 Å². The van der Waals surface area contributed by atoms with Crippen molar-refractivity contribution in [2.75, 3.05) is 0 Å². The Hall–Kier alpha value is -1.66. The molecule has 3 aromatic rings. The van der Waals surface area contributed by atoms with E-state index in [0.29, 0.717) is 6.42 Å². The fourth-order valence-corrected chi connectivity index (χ4v) is 2.96. The van der Waals surface area contributed by atoms with Crippen LogP contribution in [0, 0.1) is 6.92 Å². The number of fused-ring (bicyclic) bond motifs is 1. The molecule has 0 saturated carbocycles. The monoisotopic (exact) mass is 333 g/mol. The van der Waals surface area contributed by atoms with E-state index >= 15 is 0 Å². The van der Waals surface area contributed by atoms with E-state index in [4.69, 9.17) is 5.73 Å². The molecule has 0 bridgehead atoms. The van der Waals surface area contributed by atoms with Crippen LogP contribution in [-0.4, -0.2) is 19.4 Å². The zero-order chi connectivity index (χ0) is 14.3. The Bertz CT molecular complexity index is 758. The Morgan fingerprint density at radius 2 is 2.20 bits per heavy atom. The van der Waals surface area contributed by atoms with Crippen molar-refractivity contribution < 1.29 is 0 Å². The molecule has 0 radical (unpaired) electrons. The number of pyridine rings is 1. The Balaban J connectivity index is 1.95. The lowest BCUT2D eigenvalue weighted by molar-refractivity contribution is 0.640. The van der Waals surface area contributed by atoms with E-state index < -0.39 is 0 Å². The molecule has 0 aliphatic rings. The van der Waals surface area contributed by atoms with Crippen molar-refractivity contribution in [2.45, 2.75) is 19.4 Å². The molecule has 0 aliphatic carbocycles. The molecule has 0 saturated heterocycles. The third-order valence-corrected chi connectivity index (χ3v) is 4.56. The summed E-state index contributed by atoms with van der Waals surface area (Å²) in [5.74, 6) is 0. The van der Waals surface area contributed by atoms with E-state index in [1.54, 1.807) is 0 Å². The average molecular weight is 334 g/mol. The van der Waals surface area contributed by atoms with E-state index in [9.17, 15) is 0 Å². The first kappa shape index (κ1) is 13.3. The van der Waals surface area contributed by atoms with Gasteiger partial charge in [-0.15, -0.1) is 0 Å². The van der Waals surface area contributed by atoms with Crippen LogP contribution < -0.4 is 5.73 Å². The van der Waals surface area contributed by atoms with Crippen LogP contribution in [0.1, 0.15) is 23.0 Å². The third kappa shape index (κ3) is 2.14. The first-order valence-electron chi connectivity index (χ1n) is 6.43. The maximum Gasteiger partial charge on any atom is 0.0738 e. The van der Waals surface area contributed by atoms with Gasteiger partial charge in [-0.25, -0.2) is 4.52 Å². The molecular weight excluding hydrogens is 318 g/mol. The van der Waals surface area contributed by atoms with Crippen molar-refractivity contribution in [3.8, 4) is 0 Å². The number of rotatable bonds is 3. The number of nitrogens with two attached hydrogens (primary N) is 1. The molecule has 3 aromatic heterocycles. The highest BCUT2D eigenvalue weighted by molar-refractivity contribution is 9.10. The molecule has 20 heavy (non-hydrogen) atoms. The van der Waals surface area contributed by atoms with Gasteiger partial charge in [0.1, 0.15) is 0 Å². The van der Waals surface area contributed by atoms with Gasteiger partial charge >= 0.3 is 0 Å². The van der Waals surface area contributed by atoms with Gasteiger partial charge in [0.05, 0.1) is 27.6 Å². The summed E-state index contributed by atoms with van der Waals surface area (Å²) < 4.78 is 4.76. The molecule has 104 valence electrons. The normalized spacial score (nSPS) is 13.0. The molecule has 0 amide bonds. The highest BCUT2D eigenvalue weighted by Gasteiger charge is 2.18. The van der Waals surface area contributed by atoms with Crippen LogP contribution in [0.15, 0.2) is 35.1 Å². The molecule has 2 N–H and O–H groups in total. The Labute approximate surface area is 125 Å². The second-order valence-corrected chi connectivity index (χ2v) is 5.70. The summed E-state index contributed by atoms with van der Waals surface area (Å²) in [6.45, 7) is 1.98. The van der Waals surface area contributed by atoms with Gasteiger partial charge in [-0.1, -0.05) is 6.07 Å². The van der Waals surface area contributed by atoms with Crippen molar-refractivity contribution in [1.29, 1.82) is 0 Å². The van der Waals surface area contributed by atoms with Crippen LogP contribution in [0.2, 0.25) is 0 Å². The molecule has 3 rings (SSSR count). The highest BCUT2D eigenvalue weighted by atomic mass is 79.9. The van der Waals surface area contributed by atoms with Gasteiger partial charge in [0.15, 0.2) is 0 Å². The maximum absolute atomic E-state index is 6.37. The van der Waals surface area contributed by atoms with Crippen molar-refractivity contribution >= 4 is 21.4 Å². The summed E-state index contributed by atoms with van der Waals surface area (Å²) in [5, 5.41) is 8.73. The lowest BCUT2D eigenvalue weighted by Gasteiger charge is -2.11. The minimum Gasteiger partial charge on any atom is -0.324 e. The van der Waals surface area contributed by atoms with Crippen LogP contribution in [-0.2, 0) is 13.5 Å². The summed E-state index contributed by atoms with van der Waals surface area (Å²) in [7, 11) is 1.94. The molecule has 6 heteroatoms. The molecule has 3 heterocycles. The Morgan fingerprint density at radius 1 is 1.40 bits per heavy atom. The van der Waals surface area contributed by atoms with E-state index in [0.717, 1.165) is 26.9 Å². The summed E-state index contributed by atoms with van der Waals surface area (Å²) in [6.07, 6.45) is 4.49. The molecular formula is C14H16BrN5. The summed E-state index contributed by atoms with van der Waals surface area (Å²) in [4.78, 5) is 0. The first-order chi connectivity index (χ1) is 9.58. The SMILES string of the molecule is Cc1nn(C)c(CC(N)c2cnn3ccccc23)c1Br. The van der Waals surface area contributed by atoms with Gasteiger partial charge in [-0.3, -0.25) is 4.68 Å². The molecule has 0 aromatic carbocycles. The van der Waals surface area contributed by atoms with E-state index in [1.807, 2.05) is 53.8 Å². The Kier molecular flexibility index (Phi) is 3.35. The van der Waals surface area contributed by atoms with Gasteiger partial charge in [-0.2, -0.15) is 10.2 Å². The average Bonchev–Trinajstić information content (AvgIpc) is 2.96. The number of hydrogen-bond donors (Lipinski definition) is 1. The molecule has 5 nitrogen and oxygen atoms in total. The second kappa shape index (κ2) is 5.03. The number of nitrogens with zero attached hydrogens (tertiary/aromatic N) is 4. The number of halogens is 1. The van der Waals surface area contributed by atoms with Gasteiger partial charge < -0.3 is 5.73 Å². The zero-order valence-electron chi connectivity index (χ0n) is 11.4. The number of hydrogen-bond acceptors (Lipinski definition) is 3. The van der Waals surface area contributed by atoms with E-state index in [1.165, 1.54) is 0 Å². The topological polar surface area (TPSA) is 61.1 Å². The van der Waals surface area contributed by atoms with Crippen molar-refractivity contribution in [1.82, 2.24) is 19.4 Å². The molecule has 1 unspecified atom stereocenters. The minimum absolute atomic E-state index is 0.110. The lowest BCUT2D eigenvalue weighted by atomic mass is 10.0. The van der Waals surface area contributed by atoms with Crippen LogP contribution in [0.4, 0.5) is 0 Å². The van der Waals surface area contributed by atoms with Crippen LogP contribution in [0.5, 0.6) is 0 Å². The predicted molar refractivity (Wildman–Crippen MR) is 81.5 cm³/mol. The minimum atomic E-state index is -0.110. The van der Waals surface area contributed by atoms with Crippen LogP contribution in [0.3, 0.4) is 0 Å². The van der Waals surface area contributed by atoms with E-state index in [-0.39, 0.29) is 6.04 Å². The summed E-state index contributed by atoms with van der Waals surface area (Å²) >= 11 is 3.58. The quantitative estimate of drug-likeness (QED) is 0.800. The van der Waals surface area contributed by atoms with Gasteiger partial charge in [-0.05, 0) is 35.0 Å². The zero-order valence-corrected chi connectivity index (χ0v) is 13.0. The Morgan fingerprint density at radius 3 is 2.90 bits per heavy atom. The fraction of sp³-hybridized carbons (Fsp3) is 0.286. The maximum atomic E-state index is 6.37. The summed E-state index contributed by atoms with van der Waals surface area (Å²) in [6, 6.07) is 5.88. The number of aryl methyl sites for hydroxylation is 2. The van der Waals surface area contributed by atoms with Crippen LogP contribution in [0.25, 0.3) is 5.52 Å². The van der Waals surface area contributed by atoms with Crippen LogP contribution >= 0.6 is 15.9 Å². The standard InChI is InChI=1S/C14H16BrN5/c1-9-14(15)13(19(2)18-9)7-11(16)10-8-17-20-6-4-3-5-12(10)20/h3-6,8,11H,7,16H2,1-2H3. The van der Waals surface area contributed by atoms with Crippen molar-refractivity contribution in [2.24, 2.45) is 12.8 Å². The first-order valence-corrected chi connectivity index (χ1v) is 7.23. The van der Waals surface area contributed by atoms with Crippen molar-refractivity contribution in [3.63, 3.8) is 0 Å². The van der Waals surface area contributed by atoms with Gasteiger partial charge in [0.25, 0.3) is 0 Å². The predicted octanol–water partition coefficient (Wildman–Crippen LogP) is 2.38. The number of aromatic nitrogens is 4. The van der Waals surface area contributed by atoms with Crippen molar-refractivity contribution in [3.05, 3.63) is 52.0 Å². The van der Waals surface area contributed by atoms with Gasteiger partial charge in [0.2, 0.25) is 0 Å². The fourth-order valence-electron chi connectivity index (χ4n) is 2.46. The highest BCUT2D eigenvalue weighted by Crippen LogP contribution is 2.26. The largest absolute Gasteiger partial charge is 0.324 e.